The van der Waals surface area contributed by atoms with Crippen molar-refractivity contribution in [1.82, 2.24) is 24.5 Å². The fraction of sp³-hybridized carbons (Fsp3) is 0.423. The van der Waals surface area contributed by atoms with Gasteiger partial charge in [0.1, 0.15) is 5.82 Å². The van der Waals surface area contributed by atoms with Gasteiger partial charge in [-0.1, -0.05) is 36.8 Å². The van der Waals surface area contributed by atoms with E-state index in [1.807, 2.05) is 35.4 Å². The summed E-state index contributed by atoms with van der Waals surface area (Å²) in [5.74, 6) is 0.593. The van der Waals surface area contributed by atoms with E-state index in [1.165, 1.54) is 11.1 Å². The van der Waals surface area contributed by atoms with Crippen LogP contribution < -0.4 is 5.32 Å². The molecule has 2 aromatic heterocycles. The molecule has 1 saturated heterocycles. The zero-order valence-electron chi connectivity index (χ0n) is 20.1. The van der Waals surface area contributed by atoms with Crippen LogP contribution in [-0.2, 0) is 11.3 Å². The normalized spacial score (nSPS) is 15.4. The van der Waals surface area contributed by atoms with Crippen molar-refractivity contribution in [2.75, 3.05) is 25.0 Å². The maximum atomic E-state index is 12.7. The molecule has 1 N–H and O–H groups in total. The molecule has 0 spiro atoms. The maximum absolute atomic E-state index is 12.7. The highest BCUT2D eigenvalue weighted by Gasteiger charge is 2.22. The molecule has 4 rings (SSSR count). The van der Waals surface area contributed by atoms with Gasteiger partial charge in [0.15, 0.2) is 0 Å². The quantitative estimate of drug-likeness (QED) is 0.548. The number of amides is 1. The van der Waals surface area contributed by atoms with Crippen LogP contribution in [0.5, 0.6) is 0 Å². The zero-order valence-corrected chi connectivity index (χ0v) is 20.1. The van der Waals surface area contributed by atoms with Gasteiger partial charge in [0, 0.05) is 36.5 Å². The van der Waals surface area contributed by atoms with Crippen molar-refractivity contribution in [1.29, 1.82) is 0 Å². The van der Waals surface area contributed by atoms with Crippen LogP contribution in [-0.4, -0.2) is 50.0 Å². The molecule has 1 aliphatic rings. The molecule has 1 aromatic carbocycles. The third-order valence-corrected chi connectivity index (χ3v) is 6.56. The lowest BCUT2D eigenvalue weighted by atomic mass is 10.1. The van der Waals surface area contributed by atoms with Gasteiger partial charge in [-0.05, 0) is 51.8 Å². The number of piperidine rings is 1. The summed E-state index contributed by atoms with van der Waals surface area (Å²) in [4.78, 5) is 15.1. The van der Waals surface area contributed by atoms with Crippen LogP contribution >= 0.6 is 0 Å². The minimum absolute atomic E-state index is 0.159. The molecule has 7 nitrogen and oxygen atoms in total. The number of carbonyl (C=O) groups is 1. The molecule has 7 heteroatoms. The Bertz CT molecular complexity index is 1120. The lowest BCUT2D eigenvalue weighted by Crippen LogP contribution is -2.35. The summed E-state index contributed by atoms with van der Waals surface area (Å²) in [6, 6.07) is 10.7. The van der Waals surface area contributed by atoms with Gasteiger partial charge in [0.25, 0.3) is 0 Å². The van der Waals surface area contributed by atoms with Crippen LogP contribution in [0.1, 0.15) is 53.9 Å². The minimum Gasteiger partial charge on any atom is -0.307 e. The Balaban J connectivity index is 1.41. The summed E-state index contributed by atoms with van der Waals surface area (Å²) in [6.45, 7) is 12.2. The number of nitrogens with one attached hydrogen (secondary N) is 1. The standard InChI is InChI=1S/C26H34N6O/c1-5-30-16-13-23(14-17-30)32-25(12-15-27-32)28-26(33)11-10-24-20(3)29-31(21(24)4)18-22-8-6-19(2)7-9-22/h6-12,15,23H,5,13-14,16-18H2,1-4H3,(H,28,33). The predicted octanol–water partition coefficient (Wildman–Crippen LogP) is 4.36. The monoisotopic (exact) mass is 446 g/mol. The fourth-order valence-electron chi connectivity index (χ4n) is 4.48. The second-order valence-electron chi connectivity index (χ2n) is 8.88. The molecule has 33 heavy (non-hydrogen) atoms. The zero-order chi connectivity index (χ0) is 23.4. The van der Waals surface area contributed by atoms with Crippen molar-refractivity contribution in [2.24, 2.45) is 0 Å². The number of nitrogens with zero attached hydrogens (tertiary/aromatic N) is 5. The van der Waals surface area contributed by atoms with E-state index in [4.69, 9.17) is 0 Å². The molecule has 1 fully saturated rings. The Labute approximate surface area is 196 Å². The number of hydrogen-bond donors (Lipinski definition) is 1. The Morgan fingerprint density at radius 3 is 2.55 bits per heavy atom. The first kappa shape index (κ1) is 23.0. The van der Waals surface area contributed by atoms with Crippen LogP contribution in [0.25, 0.3) is 6.08 Å². The molecule has 0 unspecified atom stereocenters. The highest BCUT2D eigenvalue weighted by Crippen LogP contribution is 2.25. The number of benzene rings is 1. The first-order valence-electron chi connectivity index (χ1n) is 11.8. The first-order chi connectivity index (χ1) is 15.9. The van der Waals surface area contributed by atoms with Crippen LogP contribution in [0, 0.1) is 20.8 Å². The number of carbonyl (C=O) groups excluding carboxylic acids is 1. The summed E-state index contributed by atoms with van der Waals surface area (Å²) in [6.07, 6.45) is 7.30. The number of likely N-dealkylation sites (tertiary alicyclic amines) is 1. The highest BCUT2D eigenvalue weighted by molar-refractivity contribution is 6.01. The molecule has 174 valence electrons. The summed E-state index contributed by atoms with van der Waals surface area (Å²) in [7, 11) is 0. The molecule has 0 atom stereocenters. The third-order valence-electron chi connectivity index (χ3n) is 6.56. The van der Waals surface area contributed by atoms with Gasteiger partial charge in [-0.2, -0.15) is 10.2 Å². The smallest absolute Gasteiger partial charge is 0.249 e. The van der Waals surface area contributed by atoms with E-state index >= 15 is 0 Å². The van der Waals surface area contributed by atoms with Crippen molar-refractivity contribution in [2.45, 2.75) is 53.1 Å². The van der Waals surface area contributed by atoms with Crippen LogP contribution in [0.4, 0.5) is 5.82 Å². The van der Waals surface area contributed by atoms with Gasteiger partial charge in [0.2, 0.25) is 5.91 Å². The van der Waals surface area contributed by atoms with E-state index in [1.54, 1.807) is 12.3 Å². The van der Waals surface area contributed by atoms with Crippen molar-refractivity contribution >= 4 is 17.8 Å². The first-order valence-corrected chi connectivity index (χ1v) is 11.8. The van der Waals surface area contributed by atoms with Crippen molar-refractivity contribution in [3.8, 4) is 0 Å². The van der Waals surface area contributed by atoms with Gasteiger partial charge in [-0.25, -0.2) is 4.68 Å². The van der Waals surface area contributed by atoms with Crippen LogP contribution in [0.15, 0.2) is 42.6 Å². The molecule has 3 heterocycles. The summed E-state index contributed by atoms with van der Waals surface area (Å²) < 4.78 is 3.96. The van der Waals surface area contributed by atoms with E-state index in [0.717, 1.165) is 55.2 Å². The SMILES string of the molecule is CCN1CCC(n2nccc2NC(=O)C=Cc2c(C)nn(Cc3ccc(C)cc3)c2C)CC1. The number of anilines is 1. The van der Waals surface area contributed by atoms with Gasteiger partial charge < -0.3 is 10.2 Å². The van der Waals surface area contributed by atoms with Crippen molar-refractivity contribution in [3.05, 3.63) is 70.7 Å². The molecule has 0 aliphatic carbocycles. The maximum Gasteiger partial charge on any atom is 0.249 e. The number of hydrogen-bond acceptors (Lipinski definition) is 4. The Hall–Kier alpha value is -3.19. The number of aryl methyl sites for hydroxylation is 2. The lowest BCUT2D eigenvalue weighted by molar-refractivity contribution is -0.111. The molecule has 1 amide bonds. The molecular weight excluding hydrogens is 412 g/mol. The van der Waals surface area contributed by atoms with E-state index in [0.29, 0.717) is 12.6 Å². The summed E-state index contributed by atoms with van der Waals surface area (Å²) in [5.41, 5.74) is 5.39. The topological polar surface area (TPSA) is 68.0 Å². The van der Waals surface area contributed by atoms with Crippen LogP contribution in [0.3, 0.4) is 0 Å². The number of aromatic nitrogens is 4. The Morgan fingerprint density at radius 2 is 1.85 bits per heavy atom. The van der Waals surface area contributed by atoms with Gasteiger partial charge in [-0.3, -0.25) is 9.48 Å². The predicted molar refractivity (Wildman–Crippen MR) is 132 cm³/mol. The lowest BCUT2D eigenvalue weighted by Gasteiger charge is -2.31. The fourth-order valence-corrected chi connectivity index (χ4v) is 4.48. The molecule has 3 aromatic rings. The van der Waals surface area contributed by atoms with E-state index in [-0.39, 0.29) is 5.91 Å². The average molecular weight is 447 g/mol. The molecule has 0 radical (unpaired) electrons. The van der Waals surface area contributed by atoms with Gasteiger partial charge in [-0.15, -0.1) is 0 Å². The second-order valence-corrected chi connectivity index (χ2v) is 8.88. The highest BCUT2D eigenvalue weighted by atomic mass is 16.1. The average Bonchev–Trinajstić information content (AvgIpc) is 3.38. The molecular formula is C26H34N6O. The van der Waals surface area contributed by atoms with E-state index in [2.05, 4.69) is 58.5 Å². The van der Waals surface area contributed by atoms with Crippen molar-refractivity contribution < 1.29 is 4.79 Å². The minimum atomic E-state index is -0.159. The molecule has 0 bridgehead atoms. The van der Waals surface area contributed by atoms with Gasteiger partial charge >= 0.3 is 0 Å². The third kappa shape index (κ3) is 5.42. The molecule has 1 aliphatic heterocycles. The van der Waals surface area contributed by atoms with E-state index < -0.39 is 0 Å². The van der Waals surface area contributed by atoms with Crippen molar-refractivity contribution in [3.63, 3.8) is 0 Å². The van der Waals surface area contributed by atoms with E-state index in [9.17, 15) is 4.79 Å². The van der Waals surface area contributed by atoms with Gasteiger partial charge in [0.05, 0.1) is 24.5 Å². The second kappa shape index (κ2) is 10.2. The van der Waals surface area contributed by atoms with Crippen LogP contribution in [0.2, 0.25) is 0 Å². The summed E-state index contributed by atoms with van der Waals surface area (Å²) >= 11 is 0. The Kier molecular flexibility index (Phi) is 7.08. The Morgan fingerprint density at radius 1 is 1.12 bits per heavy atom. The molecule has 0 saturated carbocycles. The summed E-state index contributed by atoms with van der Waals surface area (Å²) in [5, 5.41) is 12.2. The number of rotatable bonds is 7. The largest absolute Gasteiger partial charge is 0.307 e.